The van der Waals surface area contributed by atoms with Gasteiger partial charge in [-0.25, -0.2) is 0 Å². The molecule has 100 valence electrons. The monoisotopic (exact) mass is 256 g/mol. The first-order chi connectivity index (χ1) is 8.39. The summed E-state index contributed by atoms with van der Waals surface area (Å²) in [5.41, 5.74) is -1.03. The van der Waals surface area contributed by atoms with E-state index in [1.165, 1.54) is 20.3 Å². The predicted molar refractivity (Wildman–Crippen MR) is 62.0 cm³/mol. The summed E-state index contributed by atoms with van der Waals surface area (Å²) < 4.78 is 15.2. The van der Waals surface area contributed by atoms with Crippen LogP contribution in [0.15, 0.2) is 6.07 Å². The number of ether oxygens (including phenoxy) is 3. The number of hydrogen-bond acceptors (Lipinski definition) is 6. The molecule has 0 aliphatic rings. The van der Waals surface area contributed by atoms with Crippen LogP contribution in [0.25, 0.3) is 0 Å². The molecular weight excluding hydrogens is 240 g/mol. The fourth-order valence-corrected chi connectivity index (χ4v) is 0.964. The number of nitrogens with zero attached hydrogens (tertiary/aromatic N) is 2. The van der Waals surface area contributed by atoms with E-state index in [2.05, 4.69) is 9.97 Å². The van der Waals surface area contributed by atoms with Crippen molar-refractivity contribution < 1.29 is 24.1 Å². The summed E-state index contributed by atoms with van der Waals surface area (Å²) in [6.07, 6.45) is 0. The number of carboxylic acid groups (broad SMARTS) is 1. The lowest BCUT2D eigenvalue weighted by Crippen LogP contribution is -2.31. The van der Waals surface area contributed by atoms with Crippen LogP contribution in [0.4, 0.5) is 0 Å². The largest absolute Gasteiger partial charge is 0.481 e. The summed E-state index contributed by atoms with van der Waals surface area (Å²) in [5.74, 6) is -0.396. The van der Waals surface area contributed by atoms with Gasteiger partial charge in [0.25, 0.3) is 0 Å². The Hall–Kier alpha value is -2.05. The van der Waals surface area contributed by atoms with E-state index in [0.717, 1.165) is 0 Å². The first kappa shape index (κ1) is 14.0. The SMILES string of the molecule is COc1cc(OC)nc(OCC(C)(C)C(=O)O)n1. The summed E-state index contributed by atoms with van der Waals surface area (Å²) in [7, 11) is 2.90. The third-order valence-corrected chi connectivity index (χ3v) is 2.22. The highest BCUT2D eigenvalue weighted by Gasteiger charge is 2.28. The number of methoxy groups -OCH3 is 2. The van der Waals surface area contributed by atoms with Crippen molar-refractivity contribution in [2.75, 3.05) is 20.8 Å². The molecule has 18 heavy (non-hydrogen) atoms. The Morgan fingerprint density at radius 1 is 1.28 bits per heavy atom. The Kier molecular flexibility index (Phi) is 4.30. The van der Waals surface area contributed by atoms with Gasteiger partial charge in [-0.2, -0.15) is 9.97 Å². The van der Waals surface area contributed by atoms with E-state index in [1.807, 2.05) is 0 Å². The number of rotatable bonds is 6. The number of carbonyl (C=O) groups is 1. The zero-order valence-electron chi connectivity index (χ0n) is 10.8. The van der Waals surface area contributed by atoms with Crippen LogP contribution in [0.3, 0.4) is 0 Å². The highest BCUT2D eigenvalue weighted by Crippen LogP contribution is 2.21. The Labute approximate surface area is 105 Å². The number of hydrogen-bond donors (Lipinski definition) is 1. The van der Waals surface area contributed by atoms with E-state index < -0.39 is 11.4 Å². The van der Waals surface area contributed by atoms with Crippen molar-refractivity contribution in [2.45, 2.75) is 13.8 Å². The van der Waals surface area contributed by atoms with Crippen molar-refractivity contribution in [3.63, 3.8) is 0 Å². The van der Waals surface area contributed by atoms with Crippen LogP contribution in [-0.4, -0.2) is 41.9 Å². The molecule has 0 aliphatic heterocycles. The van der Waals surface area contributed by atoms with Gasteiger partial charge < -0.3 is 19.3 Å². The molecule has 7 nitrogen and oxygen atoms in total. The molecule has 0 amide bonds. The van der Waals surface area contributed by atoms with Gasteiger partial charge in [0, 0.05) is 0 Å². The van der Waals surface area contributed by atoms with Crippen molar-refractivity contribution in [2.24, 2.45) is 5.41 Å². The van der Waals surface area contributed by atoms with E-state index in [4.69, 9.17) is 19.3 Å². The van der Waals surface area contributed by atoms with Gasteiger partial charge >= 0.3 is 12.0 Å². The summed E-state index contributed by atoms with van der Waals surface area (Å²) in [6.45, 7) is 3.04. The fourth-order valence-electron chi connectivity index (χ4n) is 0.964. The average Bonchev–Trinajstić information content (AvgIpc) is 2.35. The molecule has 0 saturated carbocycles. The predicted octanol–water partition coefficient (Wildman–Crippen LogP) is 0.983. The van der Waals surface area contributed by atoms with Crippen LogP contribution >= 0.6 is 0 Å². The van der Waals surface area contributed by atoms with E-state index in [-0.39, 0.29) is 24.4 Å². The Balaban J connectivity index is 2.81. The first-order valence-corrected chi connectivity index (χ1v) is 5.22. The van der Waals surface area contributed by atoms with Gasteiger partial charge in [0.15, 0.2) is 0 Å². The van der Waals surface area contributed by atoms with Gasteiger partial charge in [-0.15, -0.1) is 0 Å². The van der Waals surface area contributed by atoms with Crippen LogP contribution in [-0.2, 0) is 4.79 Å². The Morgan fingerprint density at radius 2 is 1.78 bits per heavy atom. The zero-order chi connectivity index (χ0) is 13.8. The van der Waals surface area contributed by atoms with Crippen LogP contribution in [0.1, 0.15) is 13.8 Å². The minimum absolute atomic E-state index is 0.0144. The summed E-state index contributed by atoms with van der Waals surface area (Å²) in [6, 6.07) is 1.51. The standard InChI is InChI=1S/C11H16N2O5/c1-11(2,9(14)15)6-18-10-12-7(16-3)5-8(13-10)17-4/h5H,6H2,1-4H3,(H,14,15). The quantitative estimate of drug-likeness (QED) is 0.811. The van der Waals surface area contributed by atoms with E-state index in [1.54, 1.807) is 13.8 Å². The highest BCUT2D eigenvalue weighted by atomic mass is 16.5. The zero-order valence-corrected chi connectivity index (χ0v) is 10.8. The summed E-state index contributed by atoms with van der Waals surface area (Å²) in [4.78, 5) is 18.8. The van der Waals surface area contributed by atoms with Crippen molar-refractivity contribution in [1.82, 2.24) is 9.97 Å². The number of aliphatic carboxylic acids is 1. The van der Waals surface area contributed by atoms with Crippen molar-refractivity contribution >= 4 is 5.97 Å². The third-order valence-electron chi connectivity index (χ3n) is 2.22. The first-order valence-electron chi connectivity index (χ1n) is 5.22. The molecule has 0 unspecified atom stereocenters. The van der Waals surface area contributed by atoms with Crippen molar-refractivity contribution in [3.05, 3.63) is 6.07 Å². The molecule has 0 aromatic carbocycles. The maximum atomic E-state index is 10.9. The molecule has 0 fully saturated rings. The molecule has 1 N–H and O–H groups in total. The topological polar surface area (TPSA) is 90.8 Å². The lowest BCUT2D eigenvalue weighted by molar-refractivity contribution is -0.148. The second-order valence-electron chi connectivity index (χ2n) is 4.21. The molecule has 0 bridgehead atoms. The molecule has 1 aromatic heterocycles. The maximum Gasteiger partial charge on any atom is 0.323 e. The summed E-state index contributed by atoms with van der Waals surface area (Å²) in [5, 5.41) is 8.95. The summed E-state index contributed by atoms with van der Waals surface area (Å²) >= 11 is 0. The van der Waals surface area contributed by atoms with Crippen LogP contribution in [0.5, 0.6) is 17.8 Å². The van der Waals surface area contributed by atoms with Crippen molar-refractivity contribution in [3.8, 4) is 17.8 Å². The average molecular weight is 256 g/mol. The van der Waals surface area contributed by atoms with Gasteiger partial charge in [-0.1, -0.05) is 0 Å². The van der Waals surface area contributed by atoms with Crippen LogP contribution in [0, 0.1) is 5.41 Å². The van der Waals surface area contributed by atoms with Gasteiger partial charge in [0.05, 0.1) is 25.7 Å². The highest BCUT2D eigenvalue weighted by molar-refractivity contribution is 5.73. The maximum absolute atomic E-state index is 10.9. The van der Waals surface area contributed by atoms with Gasteiger partial charge in [0.2, 0.25) is 11.8 Å². The van der Waals surface area contributed by atoms with Gasteiger partial charge in [-0.3, -0.25) is 4.79 Å². The second-order valence-corrected chi connectivity index (χ2v) is 4.21. The van der Waals surface area contributed by atoms with E-state index >= 15 is 0 Å². The molecule has 0 aliphatic carbocycles. The molecular formula is C11H16N2O5. The fraction of sp³-hybridized carbons (Fsp3) is 0.545. The third kappa shape index (κ3) is 3.47. The second kappa shape index (κ2) is 5.52. The van der Waals surface area contributed by atoms with E-state index in [0.29, 0.717) is 0 Å². The van der Waals surface area contributed by atoms with E-state index in [9.17, 15) is 4.79 Å². The molecule has 7 heteroatoms. The smallest absolute Gasteiger partial charge is 0.323 e. The molecule has 0 radical (unpaired) electrons. The normalized spacial score (nSPS) is 10.9. The lowest BCUT2D eigenvalue weighted by atomic mass is 9.95. The lowest BCUT2D eigenvalue weighted by Gasteiger charge is -2.18. The Bertz CT molecular complexity index is 411. The molecule has 0 atom stereocenters. The van der Waals surface area contributed by atoms with Gasteiger partial charge in [0.1, 0.15) is 6.61 Å². The van der Waals surface area contributed by atoms with Crippen LogP contribution < -0.4 is 14.2 Å². The molecule has 1 aromatic rings. The molecule has 0 spiro atoms. The van der Waals surface area contributed by atoms with Gasteiger partial charge in [-0.05, 0) is 13.8 Å². The number of aromatic nitrogens is 2. The minimum Gasteiger partial charge on any atom is -0.481 e. The minimum atomic E-state index is -1.03. The Morgan fingerprint density at radius 3 is 2.17 bits per heavy atom. The van der Waals surface area contributed by atoms with Crippen LogP contribution in [0.2, 0.25) is 0 Å². The molecule has 0 saturated heterocycles. The molecule has 1 heterocycles. The molecule has 1 rings (SSSR count). The van der Waals surface area contributed by atoms with Crippen molar-refractivity contribution in [1.29, 1.82) is 0 Å². The number of carboxylic acids is 1.